The Balaban J connectivity index is 1.34. The lowest BCUT2D eigenvalue weighted by atomic mass is 9.96. The van der Waals surface area contributed by atoms with Crippen LogP contribution in [0.15, 0.2) is 28.7 Å². The van der Waals surface area contributed by atoms with Crippen molar-refractivity contribution in [1.29, 1.82) is 0 Å². The molecule has 2 saturated heterocycles. The molecule has 6 heteroatoms. The molecular formula is C23H29N3O3. The summed E-state index contributed by atoms with van der Waals surface area (Å²) in [7, 11) is 0. The van der Waals surface area contributed by atoms with Gasteiger partial charge in [-0.05, 0) is 45.1 Å². The average Bonchev–Trinajstić information content (AvgIpc) is 3.39. The monoisotopic (exact) mass is 395 g/mol. The van der Waals surface area contributed by atoms with Gasteiger partial charge in [-0.25, -0.2) is 4.98 Å². The molecule has 29 heavy (non-hydrogen) atoms. The van der Waals surface area contributed by atoms with Crippen molar-refractivity contribution in [2.24, 2.45) is 0 Å². The van der Waals surface area contributed by atoms with E-state index in [1.165, 1.54) is 5.56 Å². The quantitative estimate of drug-likeness (QED) is 0.795. The molecule has 0 aliphatic carbocycles. The first-order valence-corrected chi connectivity index (χ1v) is 10.6. The van der Waals surface area contributed by atoms with Crippen LogP contribution in [0.4, 0.5) is 0 Å². The lowest BCUT2D eigenvalue weighted by Crippen LogP contribution is -2.38. The molecule has 154 valence electrons. The van der Waals surface area contributed by atoms with Gasteiger partial charge < -0.3 is 14.2 Å². The highest BCUT2D eigenvalue weighted by Crippen LogP contribution is 2.29. The van der Waals surface area contributed by atoms with Crippen molar-refractivity contribution in [2.45, 2.75) is 51.9 Å². The normalized spacial score (nSPS) is 17.7. The minimum Gasteiger partial charge on any atom is -0.445 e. The van der Waals surface area contributed by atoms with Crippen LogP contribution in [0.25, 0.3) is 0 Å². The molecule has 0 saturated carbocycles. The number of carbonyl (C=O) groups is 2. The number of aromatic nitrogens is 1. The Labute approximate surface area is 171 Å². The Bertz CT molecular complexity index is 873. The zero-order valence-corrected chi connectivity index (χ0v) is 17.3. The van der Waals surface area contributed by atoms with Crippen LogP contribution in [-0.4, -0.2) is 52.8 Å². The second-order valence-electron chi connectivity index (χ2n) is 8.27. The van der Waals surface area contributed by atoms with Gasteiger partial charge in [0.15, 0.2) is 11.6 Å². The van der Waals surface area contributed by atoms with Crippen LogP contribution in [0.5, 0.6) is 0 Å². The van der Waals surface area contributed by atoms with E-state index in [0.29, 0.717) is 36.9 Å². The van der Waals surface area contributed by atoms with Gasteiger partial charge in [0, 0.05) is 32.1 Å². The van der Waals surface area contributed by atoms with E-state index in [9.17, 15) is 9.59 Å². The average molecular weight is 396 g/mol. The smallest absolute Gasteiger partial charge is 0.276 e. The highest BCUT2D eigenvalue weighted by Gasteiger charge is 2.30. The number of benzene rings is 1. The first kappa shape index (κ1) is 19.7. The van der Waals surface area contributed by atoms with Gasteiger partial charge in [0.2, 0.25) is 5.91 Å². The van der Waals surface area contributed by atoms with Gasteiger partial charge in [0.25, 0.3) is 5.91 Å². The number of amides is 2. The third kappa shape index (κ3) is 4.36. The molecule has 3 heterocycles. The van der Waals surface area contributed by atoms with Crippen LogP contribution < -0.4 is 0 Å². The lowest BCUT2D eigenvalue weighted by Gasteiger charge is -2.30. The third-order valence-electron chi connectivity index (χ3n) is 6.08. The van der Waals surface area contributed by atoms with Crippen LogP contribution in [0, 0.1) is 13.8 Å². The fourth-order valence-electron chi connectivity index (χ4n) is 4.23. The molecule has 2 amide bonds. The van der Waals surface area contributed by atoms with Crippen LogP contribution in [-0.2, 0) is 11.2 Å². The maximum absolute atomic E-state index is 12.7. The summed E-state index contributed by atoms with van der Waals surface area (Å²) in [5, 5.41) is 0. The van der Waals surface area contributed by atoms with Gasteiger partial charge in [-0.2, -0.15) is 0 Å². The number of carbonyl (C=O) groups excluding carboxylic acids is 2. The minimum atomic E-state index is -0.0132. The summed E-state index contributed by atoms with van der Waals surface area (Å²) in [5.41, 5.74) is 2.71. The molecule has 6 nitrogen and oxygen atoms in total. The molecule has 0 unspecified atom stereocenters. The fourth-order valence-corrected chi connectivity index (χ4v) is 4.23. The van der Waals surface area contributed by atoms with Gasteiger partial charge in [-0.15, -0.1) is 0 Å². The molecule has 0 bridgehead atoms. The molecule has 0 atom stereocenters. The summed E-state index contributed by atoms with van der Waals surface area (Å²) in [6, 6.07) is 8.13. The van der Waals surface area contributed by atoms with Gasteiger partial charge in [0.1, 0.15) is 5.76 Å². The zero-order valence-electron chi connectivity index (χ0n) is 17.3. The van der Waals surface area contributed by atoms with E-state index in [2.05, 4.69) is 4.98 Å². The number of oxazole rings is 1. The Morgan fingerprint density at radius 3 is 2.31 bits per heavy atom. The van der Waals surface area contributed by atoms with Gasteiger partial charge in [0.05, 0.1) is 6.42 Å². The number of aryl methyl sites for hydroxylation is 2. The minimum absolute atomic E-state index is 0.0132. The Morgan fingerprint density at radius 2 is 1.66 bits per heavy atom. The standard InChI is InChI=1S/C23H29N3O3/c1-16-5-7-18(8-6-16)15-20(27)25-13-9-19(10-14-25)22-24-21(17(2)29-22)23(28)26-11-3-4-12-26/h5-8,19H,3-4,9-15H2,1-2H3. The third-order valence-corrected chi connectivity index (χ3v) is 6.08. The van der Waals surface area contributed by atoms with Crippen molar-refractivity contribution in [1.82, 2.24) is 14.8 Å². The number of piperidine rings is 1. The second-order valence-corrected chi connectivity index (χ2v) is 8.27. The highest BCUT2D eigenvalue weighted by atomic mass is 16.4. The van der Waals surface area contributed by atoms with E-state index in [-0.39, 0.29) is 17.7 Å². The Hall–Kier alpha value is -2.63. The van der Waals surface area contributed by atoms with Crippen LogP contribution >= 0.6 is 0 Å². The molecule has 1 aromatic carbocycles. The largest absolute Gasteiger partial charge is 0.445 e. The first-order valence-electron chi connectivity index (χ1n) is 10.6. The molecule has 1 aromatic heterocycles. The SMILES string of the molecule is Cc1ccc(CC(=O)N2CCC(c3nc(C(=O)N4CCCC4)c(C)o3)CC2)cc1. The molecule has 2 aliphatic rings. The van der Waals surface area contributed by atoms with Crippen molar-refractivity contribution in [3.8, 4) is 0 Å². The van der Waals surface area contributed by atoms with Crippen LogP contribution in [0.2, 0.25) is 0 Å². The van der Waals surface area contributed by atoms with E-state index in [1.807, 2.05) is 47.9 Å². The van der Waals surface area contributed by atoms with Crippen molar-refractivity contribution in [2.75, 3.05) is 26.2 Å². The maximum Gasteiger partial charge on any atom is 0.276 e. The number of rotatable bonds is 4. The molecule has 0 radical (unpaired) electrons. The molecule has 0 spiro atoms. The first-order chi connectivity index (χ1) is 14.0. The molecule has 4 rings (SSSR count). The van der Waals surface area contributed by atoms with E-state index in [1.54, 1.807) is 0 Å². The lowest BCUT2D eigenvalue weighted by molar-refractivity contribution is -0.131. The highest BCUT2D eigenvalue weighted by molar-refractivity contribution is 5.93. The number of likely N-dealkylation sites (tertiary alicyclic amines) is 2. The summed E-state index contributed by atoms with van der Waals surface area (Å²) < 4.78 is 5.88. The number of hydrogen-bond acceptors (Lipinski definition) is 4. The van der Waals surface area contributed by atoms with Gasteiger partial charge in [-0.1, -0.05) is 29.8 Å². The Kier molecular flexibility index (Phi) is 5.69. The summed E-state index contributed by atoms with van der Waals surface area (Å²) in [4.78, 5) is 33.6. The Morgan fingerprint density at radius 1 is 1.00 bits per heavy atom. The summed E-state index contributed by atoms with van der Waals surface area (Å²) in [6.07, 6.45) is 4.19. The summed E-state index contributed by atoms with van der Waals surface area (Å²) >= 11 is 0. The van der Waals surface area contributed by atoms with Gasteiger partial charge in [-0.3, -0.25) is 9.59 Å². The molecule has 2 fully saturated rings. The maximum atomic E-state index is 12.7. The van der Waals surface area contributed by atoms with Crippen LogP contribution in [0.1, 0.15) is 64.9 Å². The molecular weight excluding hydrogens is 366 g/mol. The molecule has 0 N–H and O–H groups in total. The van der Waals surface area contributed by atoms with E-state index >= 15 is 0 Å². The second kappa shape index (κ2) is 8.39. The molecule has 2 aromatic rings. The van der Waals surface area contributed by atoms with Gasteiger partial charge >= 0.3 is 0 Å². The summed E-state index contributed by atoms with van der Waals surface area (Å²) in [5.74, 6) is 1.57. The predicted octanol–water partition coefficient (Wildman–Crippen LogP) is 3.48. The van der Waals surface area contributed by atoms with E-state index in [0.717, 1.165) is 44.3 Å². The van der Waals surface area contributed by atoms with Crippen molar-refractivity contribution in [3.63, 3.8) is 0 Å². The number of hydrogen-bond donors (Lipinski definition) is 0. The summed E-state index contributed by atoms with van der Waals surface area (Å²) in [6.45, 7) is 6.88. The fraction of sp³-hybridized carbons (Fsp3) is 0.522. The zero-order chi connectivity index (χ0) is 20.4. The topological polar surface area (TPSA) is 66.7 Å². The van der Waals surface area contributed by atoms with Crippen molar-refractivity contribution < 1.29 is 14.0 Å². The van der Waals surface area contributed by atoms with Crippen molar-refractivity contribution in [3.05, 3.63) is 52.7 Å². The molecule has 2 aliphatic heterocycles. The van der Waals surface area contributed by atoms with E-state index < -0.39 is 0 Å². The van der Waals surface area contributed by atoms with Crippen LogP contribution in [0.3, 0.4) is 0 Å². The number of nitrogens with zero attached hydrogens (tertiary/aromatic N) is 3. The predicted molar refractivity (Wildman–Crippen MR) is 110 cm³/mol. The van der Waals surface area contributed by atoms with Crippen molar-refractivity contribution >= 4 is 11.8 Å². The van der Waals surface area contributed by atoms with E-state index in [4.69, 9.17) is 4.42 Å².